The average molecular weight is 529 g/mol. The number of aliphatic imine (C=N–C) groups is 1. The zero-order chi connectivity index (χ0) is 19.9. The van der Waals surface area contributed by atoms with Gasteiger partial charge in [0.05, 0.1) is 29.4 Å². The summed E-state index contributed by atoms with van der Waals surface area (Å²) in [5.74, 6) is 0.773. The third-order valence-electron chi connectivity index (χ3n) is 3.43. The van der Waals surface area contributed by atoms with E-state index in [0.29, 0.717) is 25.6 Å². The quantitative estimate of drug-likeness (QED) is 0.246. The minimum absolute atomic E-state index is 0. The Balaban J connectivity index is 0.00000392. The minimum Gasteiger partial charge on any atom is -0.476 e. The van der Waals surface area contributed by atoms with Crippen LogP contribution in [0.4, 0.5) is 13.2 Å². The third kappa shape index (κ3) is 7.78. The molecule has 28 heavy (non-hydrogen) atoms. The number of rotatable bonds is 7. The van der Waals surface area contributed by atoms with E-state index >= 15 is 0 Å². The Hall–Kier alpha value is -1.63. The van der Waals surface area contributed by atoms with Gasteiger partial charge in [-0.1, -0.05) is 0 Å². The number of hydrogen-bond acceptors (Lipinski definition) is 5. The number of aromatic nitrogens is 2. The molecular weight excluding hydrogens is 506 g/mol. The second kappa shape index (κ2) is 11.4. The van der Waals surface area contributed by atoms with Crippen LogP contribution in [-0.4, -0.2) is 35.6 Å². The maximum Gasteiger partial charge on any atom is 0.417 e. The molecule has 11 heteroatoms. The molecule has 2 rings (SSSR count). The number of halogens is 4. The molecule has 0 aromatic carbocycles. The van der Waals surface area contributed by atoms with Crippen LogP contribution < -0.4 is 15.4 Å². The van der Waals surface area contributed by atoms with E-state index in [9.17, 15) is 13.2 Å². The largest absolute Gasteiger partial charge is 0.476 e. The molecule has 0 radical (unpaired) electrons. The van der Waals surface area contributed by atoms with Gasteiger partial charge in [-0.15, -0.1) is 35.3 Å². The summed E-state index contributed by atoms with van der Waals surface area (Å²) in [5, 5.41) is 7.25. The van der Waals surface area contributed by atoms with Gasteiger partial charge in [0.2, 0.25) is 5.88 Å². The molecule has 0 fully saturated rings. The molecule has 0 saturated carbocycles. The van der Waals surface area contributed by atoms with Crippen LogP contribution in [0.1, 0.15) is 28.1 Å². The van der Waals surface area contributed by atoms with E-state index in [1.165, 1.54) is 6.07 Å². The summed E-state index contributed by atoms with van der Waals surface area (Å²) < 4.78 is 42.8. The van der Waals surface area contributed by atoms with Gasteiger partial charge >= 0.3 is 6.18 Å². The molecule has 0 amide bonds. The molecule has 0 aliphatic carbocycles. The summed E-state index contributed by atoms with van der Waals surface area (Å²) in [7, 11) is 0. The maximum atomic E-state index is 12.5. The van der Waals surface area contributed by atoms with Crippen molar-refractivity contribution in [2.24, 2.45) is 4.99 Å². The fraction of sp³-hybridized carbons (Fsp3) is 0.471. The molecule has 0 unspecified atom stereocenters. The molecule has 0 atom stereocenters. The molecule has 6 nitrogen and oxygen atoms in total. The first-order valence-corrected chi connectivity index (χ1v) is 9.22. The molecular formula is C17H23F3IN5OS. The molecule has 0 saturated heterocycles. The van der Waals surface area contributed by atoms with Crippen molar-refractivity contribution in [3.05, 3.63) is 39.5 Å². The van der Waals surface area contributed by atoms with E-state index in [1.54, 1.807) is 11.3 Å². The Morgan fingerprint density at radius 1 is 1.25 bits per heavy atom. The summed E-state index contributed by atoms with van der Waals surface area (Å²) in [6.45, 7) is 7.76. The summed E-state index contributed by atoms with van der Waals surface area (Å²) in [6.07, 6.45) is -3.65. The second-order valence-corrected chi connectivity index (χ2v) is 6.88. The summed E-state index contributed by atoms with van der Waals surface area (Å²) in [4.78, 5) is 13.7. The number of thiazole rings is 1. The fourth-order valence-electron chi connectivity index (χ4n) is 2.17. The maximum absolute atomic E-state index is 12.5. The van der Waals surface area contributed by atoms with Crippen LogP contribution >= 0.6 is 35.3 Å². The number of alkyl halides is 3. The lowest BCUT2D eigenvalue weighted by Gasteiger charge is -2.12. The van der Waals surface area contributed by atoms with Crippen molar-refractivity contribution in [1.29, 1.82) is 0 Å². The highest BCUT2D eigenvalue weighted by atomic mass is 127. The molecule has 0 aliphatic heterocycles. The van der Waals surface area contributed by atoms with E-state index in [2.05, 4.69) is 25.6 Å². The van der Waals surface area contributed by atoms with Crippen molar-refractivity contribution in [2.45, 2.75) is 33.5 Å². The fourth-order valence-corrected chi connectivity index (χ4v) is 3.03. The number of guanidine groups is 1. The first-order chi connectivity index (χ1) is 12.8. The normalized spacial score (nSPS) is 11.7. The first kappa shape index (κ1) is 24.4. The molecule has 0 bridgehead atoms. The van der Waals surface area contributed by atoms with Crippen LogP contribution in [0.2, 0.25) is 0 Å². The Labute approximate surface area is 183 Å². The van der Waals surface area contributed by atoms with Gasteiger partial charge < -0.3 is 15.4 Å². The van der Waals surface area contributed by atoms with Crippen molar-refractivity contribution < 1.29 is 17.9 Å². The van der Waals surface area contributed by atoms with Crippen molar-refractivity contribution in [3.63, 3.8) is 0 Å². The third-order valence-corrected chi connectivity index (χ3v) is 4.49. The smallest absolute Gasteiger partial charge is 0.417 e. The van der Waals surface area contributed by atoms with Crippen LogP contribution in [0.15, 0.2) is 23.3 Å². The van der Waals surface area contributed by atoms with Gasteiger partial charge in [-0.05, 0) is 26.8 Å². The first-order valence-electron chi connectivity index (χ1n) is 8.40. The Kier molecular flexibility index (Phi) is 9.93. The van der Waals surface area contributed by atoms with Gasteiger partial charge in [0.25, 0.3) is 0 Å². The van der Waals surface area contributed by atoms with E-state index < -0.39 is 11.7 Å². The minimum atomic E-state index is -4.40. The zero-order valence-corrected chi connectivity index (χ0v) is 18.9. The van der Waals surface area contributed by atoms with Gasteiger partial charge in [-0.2, -0.15) is 13.2 Å². The SMILES string of the molecule is CCNC(=NCc1sc(C)nc1C)NCCOc1ccc(C(F)(F)F)cn1.I. The van der Waals surface area contributed by atoms with E-state index in [1.807, 2.05) is 20.8 Å². The molecule has 0 aliphatic rings. The number of hydrogen-bond donors (Lipinski definition) is 2. The van der Waals surface area contributed by atoms with Crippen LogP contribution in [0.5, 0.6) is 5.88 Å². The van der Waals surface area contributed by atoms with Crippen LogP contribution in [-0.2, 0) is 12.7 Å². The van der Waals surface area contributed by atoms with Crippen molar-refractivity contribution in [3.8, 4) is 5.88 Å². The predicted octanol–water partition coefficient (Wildman–Crippen LogP) is 3.93. The lowest BCUT2D eigenvalue weighted by atomic mass is 10.3. The molecule has 2 N–H and O–H groups in total. The van der Waals surface area contributed by atoms with Crippen molar-refractivity contribution in [2.75, 3.05) is 19.7 Å². The number of pyridine rings is 1. The summed E-state index contributed by atoms with van der Waals surface area (Å²) in [5.41, 5.74) is 0.178. The van der Waals surface area contributed by atoms with Gasteiger partial charge in [0.1, 0.15) is 6.61 Å². The highest BCUT2D eigenvalue weighted by molar-refractivity contribution is 14.0. The van der Waals surface area contributed by atoms with Gasteiger partial charge in [-0.3, -0.25) is 0 Å². The summed E-state index contributed by atoms with van der Waals surface area (Å²) >= 11 is 1.62. The van der Waals surface area contributed by atoms with Crippen molar-refractivity contribution in [1.82, 2.24) is 20.6 Å². The zero-order valence-electron chi connectivity index (χ0n) is 15.8. The molecule has 2 aromatic heterocycles. The van der Waals surface area contributed by atoms with Crippen LogP contribution in [0, 0.1) is 13.8 Å². The highest BCUT2D eigenvalue weighted by Crippen LogP contribution is 2.29. The predicted molar refractivity (Wildman–Crippen MR) is 115 cm³/mol. The van der Waals surface area contributed by atoms with Gasteiger partial charge in [-0.25, -0.2) is 15.0 Å². The number of ether oxygens (including phenoxy) is 1. The lowest BCUT2D eigenvalue weighted by molar-refractivity contribution is -0.137. The second-order valence-electron chi connectivity index (χ2n) is 5.59. The van der Waals surface area contributed by atoms with Crippen molar-refractivity contribution >= 4 is 41.3 Å². The molecule has 2 heterocycles. The molecule has 2 aromatic rings. The molecule has 156 valence electrons. The standard InChI is InChI=1S/C17H22F3N5OS.HI/c1-4-21-16(24-10-14-11(2)25-12(3)27-14)22-7-8-26-15-6-5-13(9-23-15)17(18,19)20;/h5-6,9H,4,7-8,10H2,1-3H3,(H2,21,22,24);1H. The van der Waals surface area contributed by atoms with Crippen LogP contribution in [0.3, 0.4) is 0 Å². The monoisotopic (exact) mass is 529 g/mol. The van der Waals surface area contributed by atoms with Gasteiger partial charge in [0, 0.05) is 23.7 Å². The molecule has 0 spiro atoms. The Morgan fingerprint density at radius 2 is 2.00 bits per heavy atom. The number of nitrogens with zero attached hydrogens (tertiary/aromatic N) is 3. The number of aryl methyl sites for hydroxylation is 2. The van der Waals surface area contributed by atoms with E-state index in [-0.39, 0.29) is 36.5 Å². The van der Waals surface area contributed by atoms with Gasteiger partial charge in [0.15, 0.2) is 5.96 Å². The Morgan fingerprint density at radius 3 is 2.54 bits per heavy atom. The summed E-state index contributed by atoms with van der Waals surface area (Å²) in [6, 6.07) is 2.15. The van der Waals surface area contributed by atoms with E-state index in [0.717, 1.165) is 27.8 Å². The van der Waals surface area contributed by atoms with Crippen LogP contribution in [0.25, 0.3) is 0 Å². The average Bonchev–Trinajstić information content (AvgIpc) is 2.93. The van der Waals surface area contributed by atoms with E-state index in [4.69, 9.17) is 4.74 Å². The number of nitrogens with one attached hydrogen (secondary N) is 2. The topological polar surface area (TPSA) is 71.4 Å². The Bertz CT molecular complexity index is 765. The lowest BCUT2D eigenvalue weighted by Crippen LogP contribution is -2.39. The highest BCUT2D eigenvalue weighted by Gasteiger charge is 2.30.